The Balaban J connectivity index is 1.06. The third-order valence-corrected chi connectivity index (χ3v) is 17.8. The first kappa shape index (κ1) is 36.8. The molecular weight excluding hydrogens is 777 g/mol. The fourth-order valence-corrected chi connectivity index (χ4v) is 15.1. The zero-order chi connectivity index (χ0) is 41.7. The normalized spacial score (nSPS) is 11.8. The van der Waals surface area contributed by atoms with E-state index in [4.69, 9.17) is 0 Å². The molecular formula is C60H42N2Si. The minimum atomic E-state index is -2.74. The van der Waals surface area contributed by atoms with Gasteiger partial charge in [0.05, 0.1) is 22.1 Å². The molecule has 3 heteroatoms. The van der Waals surface area contributed by atoms with E-state index in [1.807, 2.05) is 0 Å². The Morgan fingerprint density at radius 1 is 0.254 bits per heavy atom. The minimum Gasteiger partial charge on any atom is -0.309 e. The van der Waals surface area contributed by atoms with Crippen LogP contribution in [-0.2, 0) is 0 Å². The summed E-state index contributed by atoms with van der Waals surface area (Å²) in [5, 5.41) is 10.4. The molecule has 10 aromatic carbocycles. The second-order valence-corrected chi connectivity index (χ2v) is 20.3. The van der Waals surface area contributed by atoms with Gasteiger partial charge in [0.15, 0.2) is 8.07 Å². The third kappa shape index (κ3) is 5.93. The van der Waals surface area contributed by atoms with E-state index >= 15 is 0 Å². The quantitative estimate of drug-likeness (QED) is 0.107. The predicted octanol–water partition coefficient (Wildman–Crippen LogP) is 12.6. The summed E-state index contributed by atoms with van der Waals surface area (Å²) < 4.78 is 4.93. The van der Waals surface area contributed by atoms with Crippen molar-refractivity contribution in [3.05, 3.63) is 255 Å². The summed E-state index contributed by atoms with van der Waals surface area (Å²) in [6, 6.07) is 94.1. The number of hydrogen-bond acceptors (Lipinski definition) is 0. The van der Waals surface area contributed by atoms with Gasteiger partial charge in [0, 0.05) is 32.9 Å². The van der Waals surface area contributed by atoms with Gasteiger partial charge in [-0.05, 0) is 97.6 Å². The van der Waals surface area contributed by atoms with Crippen molar-refractivity contribution < 1.29 is 0 Å². The van der Waals surface area contributed by atoms with Gasteiger partial charge >= 0.3 is 0 Å². The van der Waals surface area contributed by atoms with Crippen LogP contribution in [0, 0.1) is 0 Å². The van der Waals surface area contributed by atoms with E-state index in [1.54, 1.807) is 0 Å². The lowest BCUT2D eigenvalue weighted by Crippen LogP contribution is -2.74. The number of nitrogens with zero attached hydrogens (tertiary/aromatic N) is 2. The van der Waals surface area contributed by atoms with E-state index in [0.717, 1.165) is 11.4 Å². The van der Waals surface area contributed by atoms with E-state index in [-0.39, 0.29) is 0 Å². The zero-order valence-electron chi connectivity index (χ0n) is 34.6. The summed E-state index contributed by atoms with van der Waals surface area (Å²) in [4.78, 5) is 0. The van der Waals surface area contributed by atoms with E-state index in [1.165, 1.54) is 86.6 Å². The van der Waals surface area contributed by atoms with Gasteiger partial charge in [-0.3, -0.25) is 0 Å². The van der Waals surface area contributed by atoms with Crippen LogP contribution in [0.5, 0.6) is 0 Å². The number of benzene rings is 10. The van der Waals surface area contributed by atoms with Gasteiger partial charge in [-0.1, -0.05) is 200 Å². The van der Waals surface area contributed by atoms with Crippen molar-refractivity contribution in [1.82, 2.24) is 9.13 Å². The topological polar surface area (TPSA) is 9.86 Å². The van der Waals surface area contributed by atoms with Crippen LogP contribution in [0.2, 0.25) is 0 Å². The Bertz CT molecular complexity index is 3510. The van der Waals surface area contributed by atoms with Crippen LogP contribution >= 0.6 is 0 Å². The maximum absolute atomic E-state index is 2.74. The van der Waals surface area contributed by atoms with Gasteiger partial charge in [-0.15, -0.1) is 0 Å². The first-order chi connectivity index (χ1) is 31.3. The third-order valence-electron chi connectivity index (χ3n) is 13.1. The molecule has 0 radical (unpaired) electrons. The van der Waals surface area contributed by atoms with Crippen molar-refractivity contribution in [1.29, 1.82) is 0 Å². The van der Waals surface area contributed by atoms with Crippen LogP contribution in [0.25, 0.3) is 77.2 Å². The minimum absolute atomic E-state index is 1.14. The average molecular weight is 819 g/mol. The van der Waals surface area contributed by atoms with Crippen LogP contribution in [-0.4, -0.2) is 17.2 Å². The highest BCUT2D eigenvalue weighted by Gasteiger charge is 2.41. The largest absolute Gasteiger partial charge is 0.309 e. The van der Waals surface area contributed by atoms with Crippen LogP contribution in [0.15, 0.2) is 255 Å². The Morgan fingerprint density at radius 3 is 1.40 bits per heavy atom. The molecule has 0 N–H and O–H groups in total. The highest BCUT2D eigenvalue weighted by atomic mass is 28.3. The molecule has 2 aromatic heterocycles. The summed E-state index contributed by atoms with van der Waals surface area (Å²) in [6.07, 6.45) is 0. The Labute approximate surface area is 368 Å². The molecule has 2 nitrogen and oxygen atoms in total. The molecule has 0 amide bonds. The monoisotopic (exact) mass is 818 g/mol. The molecule has 0 unspecified atom stereocenters. The summed E-state index contributed by atoms with van der Waals surface area (Å²) in [7, 11) is -2.74. The van der Waals surface area contributed by atoms with Crippen LogP contribution < -0.4 is 20.7 Å². The maximum Gasteiger partial charge on any atom is 0.179 e. The average Bonchev–Trinajstić information content (AvgIpc) is 3.88. The molecule has 0 saturated heterocycles. The van der Waals surface area contributed by atoms with Crippen LogP contribution in [0.1, 0.15) is 0 Å². The molecule has 0 bridgehead atoms. The predicted molar refractivity (Wildman–Crippen MR) is 270 cm³/mol. The van der Waals surface area contributed by atoms with E-state index in [0.29, 0.717) is 0 Å². The van der Waals surface area contributed by atoms with Crippen molar-refractivity contribution in [2.45, 2.75) is 0 Å². The number of hydrogen-bond donors (Lipinski definition) is 0. The summed E-state index contributed by atoms with van der Waals surface area (Å²) >= 11 is 0. The molecule has 0 aliphatic heterocycles. The van der Waals surface area contributed by atoms with Gasteiger partial charge in [0.25, 0.3) is 0 Å². The van der Waals surface area contributed by atoms with Gasteiger partial charge in [0.2, 0.25) is 0 Å². The van der Waals surface area contributed by atoms with Crippen molar-refractivity contribution >= 4 is 72.4 Å². The standard InChI is InChI=1S/C60H42N2Si/c1-5-20-43(21-6-1)44-22-17-23-45(40-44)52-34-19-37-59-60(52)54-33-14-16-36-57(54)62(59)47-38-39-58-55(42-47)53-32-13-15-35-56(53)61(58)46-24-18-31-51(41-46)63(48-25-7-2-8-26-48,49-27-9-3-10-28-49)50-29-11-4-12-30-50/h1-42H. The lowest BCUT2D eigenvalue weighted by molar-refractivity contribution is 1.17. The fourth-order valence-electron chi connectivity index (χ4n) is 10.4. The molecule has 296 valence electrons. The Morgan fingerprint density at radius 2 is 0.714 bits per heavy atom. The van der Waals surface area contributed by atoms with Gasteiger partial charge in [-0.2, -0.15) is 0 Å². The van der Waals surface area contributed by atoms with Crippen molar-refractivity contribution in [3.63, 3.8) is 0 Å². The highest BCUT2D eigenvalue weighted by Crippen LogP contribution is 2.41. The summed E-state index contributed by atoms with van der Waals surface area (Å²) in [5.74, 6) is 0. The summed E-state index contributed by atoms with van der Waals surface area (Å²) in [6.45, 7) is 0. The molecule has 2 heterocycles. The highest BCUT2D eigenvalue weighted by molar-refractivity contribution is 7.19. The van der Waals surface area contributed by atoms with Gasteiger partial charge < -0.3 is 9.13 Å². The Kier molecular flexibility index (Phi) is 8.87. The first-order valence-corrected chi connectivity index (χ1v) is 23.8. The Hall–Kier alpha value is -7.98. The molecule has 0 saturated carbocycles. The van der Waals surface area contributed by atoms with Gasteiger partial charge in [0.1, 0.15) is 0 Å². The summed E-state index contributed by atoms with van der Waals surface area (Å²) in [5.41, 5.74) is 11.9. The number of aromatic nitrogens is 2. The lowest BCUT2D eigenvalue weighted by atomic mass is 9.96. The number of rotatable bonds is 8. The molecule has 0 aliphatic rings. The van der Waals surface area contributed by atoms with E-state index in [2.05, 4.69) is 264 Å². The van der Waals surface area contributed by atoms with Crippen molar-refractivity contribution in [2.75, 3.05) is 0 Å². The molecule has 12 aromatic rings. The number of para-hydroxylation sites is 2. The fraction of sp³-hybridized carbons (Fsp3) is 0. The second kappa shape index (κ2) is 15.2. The smallest absolute Gasteiger partial charge is 0.179 e. The zero-order valence-corrected chi connectivity index (χ0v) is 35.6. The molecule has 0 atom stereocenters. The van der Waals surface area contributed by atoms with E-state index < -0.39 is 8.07 Å². The number of fused-ring (bicyclic) bond motifs is 6. The molecule has 12 rings (SSSR count). The molecule has 0 fully saturated rings. The molecule has 0 aliphatic carbocycles. The van der Waals surface area contributed by atoms with E-state index in [9.17, 15) is 0 Å². The maximum atomic E-state index is 2.47. The molecule has 0 spiro atoms. The SMILES string of the molecule is c1ccc(-c2cccc(-c3cccc4c3c3ccccc3n4-c3ccc4c(c3)c3ccccc3n4-c3cccc([Si](c4ccccc4)(c4ccccc4)c4ccccc4)c3)c2)cc1. The van der Waals surface area contributed by atoms with Crippen molar-refractivity contribution in [2.24, 2.45) is 0 Å². The van der Waals surface area contributed by atoms with Gasteiger partial charge in [-0.25, -0.2) is 0 Å². The lowest BCUT2D eigenvalue weighted by Gasteiger charge is -2.34. The van der Waals surface area contributed by atoms with Crippen LogP contribution in [0.3, 0.4) is 0 Å². The van der Waals surface area contributed by atoms with Crippen LogP contribution in [0.4, 0.5) is 0 Å². The van der Waals surface area contributed by atoms with Crippen molar-refractivity contribution in [3.8, 4) is 33.6 Å². The second-order valence-electron chi connectivity index (χ2n) is 16.5. The molecule has 63 heavy (non-hydrogen) atoms. The first-order valence-electron chi connectivity index (χ1n) is 21.8.